The highest BCUT2D eigenvalue weighted by Crippen LogP contribution is 2.38. The number of rotatable bonds is 15. The molecule has 0 aliphatic heterocycles. The number of aromatic hydroxyl groups is 1. The Bertz CT molecular complexity index is 1190. The van der Waals surface area contributed by atoms with E-state index < -0.39 is 28.8 Å². The molecule has 2 atom stereocenters. The van der Waals surface area contributed by atoms with Crippen molar-refractivity contribution in [1.82, 2.24) is 0 Å². The van der Waals surface area contributed by atoms with Gasteiger partial charge in [-0.05, 0) is 67.4 Å². The van der Waals surface area contributed by atoms with Crippen molar-refractivity contribution in [3.05, 3.63) is 49.2 Å². The number of Topliss-reactive ketones (excluding diaryl/α,β-unsaturated/α-hetero) is 1. The number of aryl methyl sites for hydroxylation is 1. The Kier molecular flexibility index (Phi) is 12.6. The van der Waals surface area contributed by atoms with Gasteiger partial charge in [0.1, 0.15) is 17.1 Å². The number of thiophene rings is 1. The van der Waals surface area contributed by atoms with E-state index in [0.717, 1.165) is 6.42 Å². The molecule has 2 aromatic heterocycles. The van der Waals surface area contributed by atoms with Crippen molar-refractivity contribution in [2.24, 2.45) is 16.3 Å². The first kappa shape index (κ1) is 32.5. The summed E-state index contributed by atoms with van der Waals surface area (Å²) in [7, 11) is 1.27. The molecule has 2 aromatic rings. The zero-order valence-corrected chi connectivity index (χ0v) is 25.4. The van der Waals surface area contributed by atoms with E-state index in [1.165, 1.54) is 61.1 Å². The molecule has 0 saturated carbocycles. The van der Waals surface area contributed by atoms with Crippen LogP contribution in [-0.4, -0.2) is 30.3 Å². The number of amides is 1. The van der Waals surface area contributed by atoms with Gasteiger partial charge in [-0.1, -0.05) is 53.9 Å². The molecule has 8 heteroatoms. The van der Waals surface area contributed by atoms with E-state index >= 15 is 0 Å². The molecule has 0 saturated heterocycles. The van der Waals surface area contributed by atoms with Crippen LogP contribution in [0.2, 0.25) is 0 Å². The average Bonchev–Trinajstić information content (AvgIpc) is 3.23. The Labute approximate surface area is 236 Å². The van der Waals surface area contributed by atoms with Crippen LogP contribution >= 0.6 is 11.3 Å². The largest absolute Gasteiger partial charge is 0.507 e. The zero-order valence-electron chi connectivity index (χ0n) is 24.6. The fourth-order valence-electron chi connectivity index (χ4n) is 4.62. The minimum atomic E-state index is -0.807. The number of ketones is 1. The molecule has 216 valence electrons. The third-order valence-corrected chi connectivity index (χ3v) is 8.89. The van der Waals surface area contributed by atoms with Crippen LogP contribution in [-0.2, 0) is 17.6 Å². The maximum atomic E-state index is 13.5. The van der Waals surface area contributed by atoms with E-state index in [9.17, 15) is 19.5 Å². The van der Waals surface area contributed by atoms with Gasteiger partial charge in [0.15, 0.2) is 5.78 Å². The monoisotopic (exact) mass is 559 g/mol. The van der Waals surface area contributed by atoms with Crippen molar-refractivity contribution in [1.29, 1.82) is 0 Å². The maximum absolute atomic E-state index is 13.5. The van der Waals surface area contributed by atoms with Gasteiger partial charge in [-0.25, -0.2) is 9.59 Å². The highest BCUT2D eigenvalue weighted by molar-refractivity contribution is 7.10. The van der Waals surface area contributed by atoms with Crippen LogP contribution in [0.3, 0.4) is 0 Å². The topological polar surface area (TPSA) is 106 Å². The maximum Gasteiger partial charge on any atom is 0.432 e. The molecule has 2 heterocycles. The van der Waals surface area contributed by atoms with E-state index in [2.05, 4.69) is 29.0 Å². The standard InChI is InChI=1S/C31H45NO6S/c1-8-9-10-11-15-23-19-39-26(21(23)3)18-31(5,6)22(4)28(34)27-24(33)17-25(38-29(27)35)20(2)14-12-13-16-32-30(36)37-7/h16-17,19-20,22,33H,8-15,18H2,1-7H3. The van der Waals surface area contributed by atoms with Crippen LogP contribution in [0.1, 0.15) is 118 Å². The second-order valence-electron chi connectivity index (χ2n) is 11.2. The lowest BCUT2D eigenvalue weighted by Crippen LogP contribution is -2.33. The van der Waals surface area contributed by atoms with Gasteiger partial charge in [0, 0.05) is 29.0 Å². The number of hydrogen-bond acceptors (Lipinski definition) is 7. The van der Waals surface area contributed by atoms with Crippen molar-refractivity contribution < 1.29 is 23.8 Å². The van der Waals surface area contributed by atoms with Crippen LogP contribution in [0.15, 0.2) is 25.7 Å². The van der Waals surface area contributed by atoms with Crippen molar-refractivity contribution in [3.8, 4) is 5.75 Å². The van der Waals surface area contributed by atoms with Crippen LogP contribution in [0.4, 0.5) is 4.79 Å². The predicted molar refractivity (Wildman–Crippen MR) is 158 cm³/mol. The predicted octanol–water partition coefficient (Wildman–Crippen LogP) is 8.04. The van der Waals surface area contributed by atoms with E-state index in [-0.39, 0.29) is 17.2 Å². The third-order valence-electron chi connectivity index (χ3n) is 7.75. The molecule has 2 unspecified atom stereocenters. The first-order valence-electron chi connectivity index (χ1n) is 14.0. The quantitative estimate of drug-likeness (QED) is 0.134. The molecule has 7 nitrogen and oxygen atoms in total. The minimum absolute atomic E-state index is 0.161. The molecule has 1 amide bonds. The number of hydrogen-bond donors (Lipinski definition) is 1. The van der Waals surface area contributed by atoms with E-state index in [1.807, 2.05) is 27.7 Å². The third kappa shape index (κ3) is 9.16. The highest BCUT2D eigenvalue weighted by Gasteiger charge is 2.36. The second kappa shape index (κ2) is 15.2. The van der Waals surface area contributed by atoms with Gasteiger partial charge in [-0.3, -0.25) is 4.79 Å². The van der Waals surface area contributed by atoms with Gasteiger partial charge in [0.25, 0.3) is 0 Å². The van der Waals surface area contributed by atoms with Crippen LogP contribution in [0, 0.1) is 18.3 Å². The van der Waals surface area contributed by atoms with Crippen molar-refractivity contribution >= 4 is 29.4 Å². The molecule has 0 bridgehead atoms. The molecule has 39 heavy (non-hydrogen) atoms. The lowest BCUT2D eigenvalue weighted by atomic mass is 9.73. The number of carbonyl (C=O) groups excluding carboxylic acids is 2. The fourth-order valence-corrected chi connectivity index (χ4v) is 5.96. The SMILES string of the molecule is CCCCCCc1csc(CC(C)(C)C(C)C(=O)c2c(O)cc(C(C)CCCC=NC(=O)OC)oc2=O)c1C. The lowest BCUT2D eigenvalue weighted by molar-refractivity contribution is 0.0812. The molecule has 0 aliphatic rings. The molecular weight excluding hydrogens is 514 g/mol. The number of aliphatic imine (C=N–C) groups is 1. The Hall–Kier alpha value is -2.74. The Morgan fingerprint density at radius 3 is 2.56 bits per heavy atom. The molecule has 2 rings (SSSR count). The molecule has 1 N–H and O–H groups in total. The lowest BCUT2D eigenvalue weighted by Gasteiger charge is -2.31. The van der Waals surface area contributed by atoms with Gasteiger partial charge >= 0.3 is 11.7 Å². The van der Waals surface area contributed by atoms with Gasteiger partial charge in [-0.15, -0.1) is 11.3 Å². The molecular formula is C31H45NO6S. The smallest absolute Gasteiger partial charge is 0.432 e. The summed E-state index contributed by atoms with van der Waals surface area (Å²) < 4.78 is 9.96. The van der Waals surface area contributed by atoms with Crippen molar-refractivity contribution in [2.45, 2.75) is 105 Å². The van der Waals surface area contributed by atoms with E-state index in [4.69, 9.17) is 4.42 Å². The number of carbonyl (C=O) groups is 2. The van der Waals surface area contributed by atoms with Crippen LogP contribution in [0.25, 0.3) is 0 Å². The summed E-state index contributed by atoms with van der Waals surface area (Å²) in [5, 5.41) is 13.0. The number of ether oxygens (including phenoxy) is 1. The molecule has 0 aliphatic carbocycles. The fraction of sp³-hybridized carbons (Fsp3) is 0.613. The molecule has 0 aromatic carbocycles. The first-order chi connectivity index (χ1) is 18.4. The number of unbranched alkanes of at least 4 members (excludes halogenated alkanes) is 4. The van der Waals surface area contributed by atoms with Crippen LogP contribution in [0.5, 0.6) is 5.75 Å². The van der Waals surface area contributed by atoms with Gasteiger partial charge in [-0.2, -0.15) is 4.99 Å². The minimum Gasteiger partial charge on any atom is -0.507 e. The Balaban J connectivity index is 2.08. The summed E-state index contributed by atoms with van der Waals surface area (Å²) in [5.74, 6) is -1.08. The summed E-state index contributed by atoms with van der Waals surface area (Å²) in [6.45, 7) is 12.2. The summed E-state index contributed by atoms with van der Waals surface area (Å²) >= 11 is 1.74. The highest BCUT2D eigenvalue weighted by atomic mass is 32.1. The van der Waals surface area contributed by atoms with Crippen molar-refractivity contribution in [2.75, 3.05) is 7.11 Å². The summed E-state index contributed by atoms with van der Waals surface area (Å²) in [5.41, 5.74) is 1.18. The molecule has 0 radical (unpaired) electrons. The zero-order chi connectivity index (χ0) is 29.2. The normalized spacial score (nSPS) is 13.5. The summed E-state index contributed by atoms with van der Waals surface area (Å²) in [6.07, 6.45) is 9.45. The van der Waals surface area contributed by atoms with E-state index in [1.54, 1.807) is 11.3 Å². The number of nitrogens with zero attached hydrogens (tertiary/aromatic N) is 1. The van der Waals surface area contributed by atoms with Gasteiger partial charge in [0.2, 0.25) is 0 Å². The Morgan fingerprint density at radius 2 is 1.92 bits per heavy atom. The summed E-state index contributed by atoms with van der Waals surface area (Å²) in [6, 6.07) is 1.38. The molecule has 0 fully saturated rings. The first-order valence-corrected chi connectivity index (χ1v) is 14.9. The van der Waals surface area contributed by atoms with Crippen molar-refractivity contribution in [3.63, 3.8) is 0 Å². The summed E-state index contributed by atoms with van der Waals surface area (Å²) in [4.78, 5) is 42.2. The number of methoxy groups -OCH3 is 1. The average molecular weight is 560 g/mol. The molecule has 0 spiro atoms. The van der Waals surface area contributed by atoms with Gasteiger partial charge in [0.05, 0.1) is 7.11 Å². The van der Waals surface area contributed by atoms with Gasteiger partial charge < -0.3 is 14.3 Å². The van der Waals surface area contributed by atoms with Crippen LogP contribution < -0.4 is 5.63 Å². The Morgan fingerprint density at radius 1 is 1.21 bits per heavy atom. The van der Waals surface area contributed by atoms with E-state index in [0.29, 0.717) is 31.4 Å². The second-order valence-corrected chi connectivity index (χ2v) is 12.1.